The SMILES string of the molecule is C=C\C=C/C=C(C=C)/C(=C/C=C)N=C(C=C)C(C)(C)C. The summed E-state index contributed by atoms with van der Waals surface area (Å²) in [5.74, 6) is 0. The molecule has 0 heterocycles. The molecule has 0 aromatic rings. The molecule has 0 atom stereocenters. The summed E-state index contributed by atoms with van der Waals surface area (Å²) in [6.45, 7) is 21.4. The Balaban J connectivity index is 5.77. The van der Waals surface area contributed by atoms with Crippen LogP contribution in [0.15, 0.2) is 91.2 Å². The van der Waals surface area contributed by atoms with Crippen LogP contribution in [0.1, 0.15) is 20.8 Å². The van der Waals surface area contributed by atoms with Crippen LogP contribution in [0, 0.1) is 5.41 Å². The molecule has 106 valence electrons. The molecule has 0 unspecified atom stereocenters. The van der Waals surface area contributed by atoms with Crippen molar-refractivity contribution in [1.29, 1.82) is 0 Å². The number of aliphatic imine (C=N–C) groups is 1. The van der Waals surface area contributed by atoms with Gasteiger partial charge in [0.05, 0.1) is 5.70 Å². The molecule has 0 amide bonds. The van der Waals surface area contributed by atoms with Gasteiger partial charge in [0.1, 0.15) is 0 Å². The van der Waals surface area contributed by atoms with Gasteiger partial charge in [0, 0.05) is 11.1 Å². The van der Waals surface area contributed by atoms with Crippen molar-refractivity contribution in [3.05, 3.63) is 86.2 Å². The van der Waals surface area contributed by atoms with Crippen LogP contribution in [0.3, 0.4) is 0 Å². The van der Waals surface area contributed by atoms with Crippen molar-refractivity contribution in [3.63, 3.8) is 0 Å². The highest BCUT2D eigenvalue weighted by molar-refractivity contribution is 5.99. The normalized spacial score (nSPS) is 14.2. The molecule has 0 aliphatic rings. The van der Waals surface area contributed by atoms with Crippen LogP contribution < -0.4 is 0 Å². The Morgan fingerprint density at radius 2 is 1.50 bits per heavy atom. The van der Waals surface area contributed by atoms with Gasteiger partial charge in [-0.05, 0) is 17.7 Å². The van der Waals surface area contributed by atoms with E-state index in [9.17, 15) is 0 Å². The molecule has 0 aliphatic carbocycles. The van der Waals surface area contributed by atoms with Crippen LogP contribution in [0.4, 0.5) is 0 Å². The van der Waals surface area contributed by atoms with Gasteiger partial charge in [-0.3, -0.25) is 4.99 Å². The van der Waals surface area contributed by atoms with E-state index in [-0.39, 0.29) is 5.41 Å². The predicted molar refractivity (Wildman–Crippen MR) is 93.0 cm³/mol. The van der Waals surface area contributed by atoms with Gasteiger partial charge in [-0.1, -0.05) is 83.5 Å². The van der Waals surface area contributed by atoms with E-state index in [2.05, 4.69) is 47.1 Å². The summed E-state index contributed by atoms with van der Waals surface area (Å²) in [4.78, 5) is 4.69. The van der Waals surface area contributed by atoms with E-state index in [1.54, 1.807) is 24.3 Å². The van der Waals surface area contributed by atoms with Crippen LogP contribution >= 0.6 is 0 Å². The molecule has 0 aliphatic heterocycles. The van der Waals surface area contributed by atoms with E-state index in [0.29, 0.717) is 0 Å². The Morgan fingerprint density at radius 1 is 0.850 bits per heavy atom. The number of rotatable bonds is 7. The lowest BCUT2D eigenvalue weighted by Crippen LogP contribution is -2.18. The van der Waals surface area contributed by atoms with Crippen molar-refractivity contribution in [3.8, 4) is 0 Å². The van der Waals surface area contributed by atoms with Gasteiger partial charge < -0.3 is 0 Å². The van der Waals surface area contributed by atoms with Gasteiger partial charge in [-0.2, -0.15) is 0 Å². The monoisotopic (exact) mass is 267 g/mol. The molecular weight excluding hydrogens is 242 g/mol. The second-order valence-corrected chi connectivity index (χ2v) is 5.19. The Kier molecular flexibility index (Phi) is 7.91. The minimum absolute atomic E-state index is 0.0642. The van der Waals surface area contributed by atoms with Crippen LogP contribution in [0.5, 0.6) is 0 Å². The molecule has 0 saturated heterocycles. The number of nitrogens with zero attached hydrogens (tertiary/aromatic N) is 1. The summed E-state index contributed by atoms with van der Waals surface area (Å²) < 4.78 is 0. The van der Waals surface area contributed by atoms with Gasteiger partial charge in [0.15, 0.2) is 0 Å². The third-order valence-electron chi connectivity index (χ3n) is 2.52. The lowest BCUT2D eigenvalue weighted by Gasteiger charge is -2.19. The zero-order valence-corrected chi connectivity index (χ0v) is 12.9. The Morgan fingerprint density at radius 3 is 1.90 bits per heavy atom. The zero-order chi connectivity index (χ0) is 15.6. The quantitative estimate of drug-likeness (QED) is 0.421. The maximum absolute atomic E-state index is 4.69. The molecule has 1 nitrogen and oxygen atoms in total. The first-order valence-electron chi connectivity index (χ1n) is 6.57. The smallest absolute Gasteiger partial charge is 0.0705 e. The molecule has 0 aromatic carbocycles. The molecule has 0 aromatic heterocycles. The summed E-state index contributed by atoms with van der Waals surface area (Å²) in [5.41, 5.74) is 2.59. The number of hydrogen-bond acceptors (Lipinski definition) is 1. The number of hydrogen-bond donors (Lipinski definition) is 0. The van der Waals surface area contributed by atoms with E-state index in [1.807, 2.05) is 24.3 Å². The lowest BCUT2D eigenvalue weighted by molar-refractivity contribution is 0.593. The summed E-state index contributed by atoms with van der Waals surface area (Å²) in [7, 11) is 0. The second kappa shape index (κ2) is 8.87. The maximum atomic E-state index is 4.69. The third-order valence-corrected chi connectivity index (χ3v) is 2.52. The highest BCUT2D eigenvalue weighted by atomic mass is 14.8. The van der Waals surface area contributed by atoms with Crippen LogP contribution in [0.25, 0.3) is 0 Å². The summed E-state index contributed by atoms with van der Waals surface area (Å²) in [6.07, 6.45) is 14.6. The zero-order valence-electron chi connectivity index (χ0n) is 12.9. The summed E-state index contributed by atoms with van der Waals surface area (Å²) in [5, 5.41) is 0. The van der Waals surface area contributed by atoms with Gasteiger partial charge in [0.2, 0.25) is 0 Å². The van der Waals surface area contributed by atoms with Gasteiger partial charge in [-0.15, -0.1) is 0 Å². The Bertz CT molecular complexity index is 488. The molecule has 20 heavy (non-hydrogen) atoms. The van der Waals surface area contributed by atoms with Gasteiger partial charge in [0.25, 0.3) is 0 Å². The molecule has 0 rings (SSSR count). The predicted octanol–water partition coefficient (Wildman–Crippen LogP) is 5.58. The third kappa shape index (κ3) is 6.14. The number of allylic oxidation sites excluding steroid dienone is 8. The fourth-order valence-corrected chi connectivity index (χ4v) is 1.45. The fourth-order valence-electron chi connectivity index (χ4n) is 1.45. The minimum atomic E-state index is -0.0642. The molecule has 0 saturated carbocycles. The van der Waals surface area contributed by atoms with Gasteiger partial charge >= 0.3 is 0 Å². The Labute approximate surface area is 123 Å². The minimum Gasteiger partial charge on any atom is -0.252 e. The lowest BCUT2D eigenvalue weighted by atomic mass is 9.89. The van der Waals surface area contributed by atoms with Crippen molar-refractivity contribution in [2.24, 2.45) is 10.4 Å². The van der Waals surface area contributed by atoms with E-state index >= 15 is 0 Å². The molecule has 0 N–H and O–H groups in total. The van der Waals surface area contributed by atoms with E-state index in [0.717, 1.165) is 17.0 Å². The average molecular weight is 267 g/mol. The molecule has 0 bridgehead atoms. The molecular formula is C19H25N. The van der Waals surface area contributed by atoms with Crippen molar-refractivity contribution in [1.82, 2.24) is 0 Å². The van der Waals surface area contributed by atoms with Crippen molar-refractivity contribution >= 4 is 5.71 Å². The van der Waals surface area contributed by atoms with Crippen molar-refractivity contribution in [2.45, 2.75) is 20.8 Å². The molecule has 0 radical (unpaired) electrons. The first kappa shape index (κ1) is 17.8. The fraction of sp³-hybridized carbons (Fsp3) is 0.211. The van der Waals surface area contributed by atoms with Crippen molar-refractivity contribution in [2.75, 3.05) is 0 Å². The molecule has 0 fully saturated rings. The van der Waals surface area contributed by atoms with Crippen LogP contribution in [0.2, 0.25) is 0 Å². The summed E-state index contributed by atoms with van der Waals surface area (Å²) in [6, 6.07) is 0. The second-order valence-electron chi connectivity index (χ2n) is 5.19. The van der Waals surface area contributed by atoms with Crippen LogP contribution in [-0.4, -0.2) is 5.71 Å². The van der Waals surface area contributed by atoms with E-state index in [4.69, 9.17) is 4.99 Å². The standard InChI is InChI=1S/C19H25N/c1-8-12-13-15-16(10-3)17(14-9-2)20-18(11-4)19(5,6)7/h8-15H,1-4H2,5-7H3/b13-12-,16-15+,17-14-,20-18?. The first-order chi connectivity index (χ1) is 9.40. The molecule has 1 heteroatoms. The van der Waals surface area contributed by atoms with E-state index < -0.39 is 0 Å². The maximum Gasteiger partial charge on any atom is 0.0705 e. The Hall–Kier alpha value is -2.15. The summed E-state index contributed by atoms with van der Waals surface area (Å²) >= 11 is 0. The average Bonchev–Trinajstić information content (AvgIpc) is 2.38. The topological polar surface area (TPSA) is 12.4 Å². The van der Waals surface area contributed by atoms with E-state index in [1.165, 1.54) is 0 Å². The molecule has 0 spiro atoms. The van der Waals surface area contributed by atoms with Crippen molar-refractivity contribution < 1.29 is 0 Å². The van der Waals surface area contributed by atoms with Crippen LogP contribution in [-0.2, 0) is 0 Å². The first-order valence-corrected chi connectivity index (χ1v) is 6.57. The highest BCUT2D eigenvalue weighted by Crippen LogP contribution is 2.21. The largest absolute Gasteiger partial charge is 0.252 e. The highest BCUT2D eigenvalue weighted by Gasteiger charge is 2.16. The van der Waals surface area contributed by atoms with Gasteiger partial charge in [-0.25, -0.2) is 0 Å².